The second-order valence-corrected chi connectivity index (χ2v) is 6.39. The quantitative estimate of drug-likeness (QED) is 0.863. The average molecular weight is 235 g/mol. The van der Waals surface area contributed by atoms with E-state index in [0.29, 0.717) is 16.9 Å². The minimum Gasteiger partial charge on any atom is -0.356 e. The zero-order valence-electron chi connectivity index (χ0n) is 12.0. The number of aryl methyl sites for hydroxylation is 1. The first kappa shape index (κ1) is 12.5. The Kier molecular flexibility index (Phi) is 2.75. The van der Waals surface area contributed by atoms with E-state index in [2.05, 4.69) is 62.6 Å². The van der Waals surface area contributed by atoms with Crippen LogP contribution < -0.4 is 5.32 Å². The fourth-order valence-electron chi connectivity index (χ4n) is 2.94. The summed E-state index contributed by atoms with van der Waals surface area (Å²) in [4.78, 5) is 4.59. The molecule has 1 aliphatic rings. The molecule has 1 aromatic heterocycles. The van der Waals surface area contributed by atoms with Crippen LogP contribution in [0.4, 0.5) is 5.95 Å². The van der Waals surface area contributed by atoms with Gasteiger partial charge in [0.1, 0.15) is 0 Å². The first-order valence-electron chi connectivity index (χ1n) is 6.61. The lowest BCUT2D eigenvalue weighted by atomic mass is 10.0. The molecule has 1 aliphatic carbocycles. The molecule has 0 bridgehead atoms. The third-order valence-corrected chi connectivity index (χ3v) is 4.61. The lowest BCUT2D eigenvalue weighted by Crippen LogP contribution is -2.09. The number of rotatable bonds is 4. The van der Waals surface area contributed by atoms with Gasteiger partial charge in [-0.1, -0.05) is 34.6 Å². The van der Waals surface area contributed by atoms with Crippen LogP contribution in [0, 0.1) is 17.8 Å². The molecule has 1 saturated carbocycles. The van der Waals surface area contributed by atoms with Crippen LogP contribution in [0.5, 0.6) is 0 Å². The molecule has 0 aliphatic heterocycles. The van der Waals surface area contributed by atoms with Gasteiger partial charge in [-0.05, 0) is 24.2 Å². The molecule has 0 unspecified atom stereocenters. The smallest absolute Gasteiger partial charge is 0.203 e. The van der Waals surface area contributed by atoms with Gasteiger partial charge in [-0.15, -0.1) is 0 Å². The number of aromatic nitrogens is 2. The van der Waals surface area contributed by atoms with Crippen molar-refractivity contribution >= 4 is 5.95 Å². The third-order valence-electron chi connectivity index (χ3n) is 4.61. The summed E-state index contributed by atoms with van der Waals surface area (Å²) >= 11 is 0. The van der Waals surface area contributed by atoms with Crippen molar-refractivity contribution in [3.63, 3.8) is 0 Å². The standard InChI is InChI=1S/C14H25N3/c1-7-8-15-12-16-10(2)9-17(12)11-13(3,4)14(11,5)6/h9,11H,7-8H2,1-6H3,(H,15,16). The first-order valence-corrected chi connectivity index (χ1v) is 6.61. The summed E-state index contributed by atoms with van der Waals surface area (Å²) in [6.45, 7) is 14.6. The molecular formula is C14H25N3. The third kappa shape index (κ3) is 1.76. The Hall–Kier alpha value is -0.990. The Morgan fingerprint density at radius 2 is 1.88 bits per heavy atom. The molecule has 0 atom stereocenters. The van der Waals surface area contributed by atoms with Gasteiger partial charge in [0.15, 0.2) is 0 Å². The maximum absolute atomic E-state index is 4.59. The Labute approximate surface area is 105 Å². The topological polar surface area (TPSA) is 29.9 Å². The summed E-state index contributed by atoms with van der Waals surface area (Å²) in [6.07, 6.45) is 3.31. The number of anilines is 1. The zero-order valence-corrected chi connectivity index (χ0v) is 12.0. The van der Waals surface area contributed by atoms with E-state index < -0.39 is 0 Å². The summed E-state index contributed by atoms with van der Waals surface area (Å²) in [5.74, 6) is 1.04. The van der Waals surface area contributed by atoms with Crippen LogP contribution in [0.2, 0.25) is 0 Å². The van der Waals surface area contributed by atoms with Gasteiger partial charge in [0.25, 0.3) is 0 Å². The predicted molar refractivity (Wildman–Crippen MR) is 72.3 cm³/mol. The number of nitrogens with zero attached hydrogens (tertiary/aromatic N) is 2. The number of hydrogen-bond acceptors (Lipinski definition) is 2. The van der Waals surface area contributed by atoms with Crippen molar-refractivity contribution < 1.29 is 0 Å². The molecule has 0 spiro atoms. The normalized spacial score (nSPS) is 21.5. The molecule has 3 nitrogen and oxygen atoms in total. The van der Waals surface area contributed by atoms with E-state index in [1.807, 2.05) is 0 Å². The summed E-state index contributed by atoms with van der Waals surface area (Å²) in [7, 11) is 0. The highest BCUT2D eigenvalue weighted by molar-refractivity contribution is 5.34. The van der Waals surface area contributed by atoms with Gasteiger partial charge < -0.3 is 9.88 Å². The molecule has 0 saturated heterocycles. The van der Waals surface area contributed by atoms with Crippen molar-refractivity contribution in [3.8, 4) is 0 Å². The maximum Gasteiger partial charge on any atom is 0.203 e. The Bertz CT molecular complexity index is 401. The molecule has 1 heterocycles. The van der Waals surface area contributed by atoms with Crippen molar-refractivity contribution in [2.45, 2.75) is 54.0 Å². The van der Waals surface area contributed by atoms with E-state index in [9.17, 15) is 0 Å². The molecule has 0 amide bonds. The maximum atomic E-state index is 4.59. The lowest BCUT2D eigenvalue weighted by molar-refractivity contribution is 0.457. The van der Waals surface area contributed by atoms with Gasteiger partial charge in [0.2, 0.25) is 5.95 Å². The van der Waals surface area contributed by atoms with E-state index in [1.165, 1.54) is 0 Å². The summed E-state index contributed by atoms with van der Waals surface area (Å²) in [5.41, 5.74) is 1.80. The molecule has 1 aromatic rings. The highest BCUT2D eigenvalue weighted by Crippen LogP contribution is 2.71. The van der Waals surface area contributed by atoms with Crippen LogP contribution in [-0.2, 0) is 0 Å². The van der Waals surface area contributed by atoms with Gasteiger partial charge in [-0.3, -0.25) is 0 Å². The minimum atomic E-state index is 0.350. The predicted octanol–water partition coefficient (Wildman–Crippen LogP) is 3.62. The second kappa shape index (κ2) is 3.76. The average Bonchev–Trinajstić information content (AvgIpc) is 2.53. The van der Waals surface area contributed by atoms with Gasteiger partial charge in [0, 0.05) is 18.8 Å². The van der Waals surface area contributed by atoms with Crippen LogP contribution in [0.25, 0.3) is 0 Å². The minimum absolute atomic E-state index is 0.350. The summed E-state index contributed by atoms with van der Waals surface area (Å²) in [5, 5.41) is 3.43. The Morgan fingerprint density at radius 1 is 1.29 bits per heavy atom. The number of hydrogen-bond donors (Lipinski definition) is 1. The number of imidazole rings is 1. The Balaban J connectivity index is 2.28. The van der Waals surface area contributed by atoms with Gasteiger partial charge in [-0.25, -0.2) is 4.98 Å². The van der Waals surface area contributed by atoms with E-state index in [-0.39, 0.29) is 0 Å². The fourth-order valence-corrected chi connectivity index (χ4v) is 2.94. The van der Waals surface area contributed by atoms with Gasteiger partial charge in [0.05, 0.1) is 5.69 Å². The van der Waals surface area contributed by atoms with Crippen LogP contribution >= 0.6 is 0 Å². The molecule has 1 N–H and O–H groups in total. The monoisotopic (exact) mass is 235 g/mol. The highest BCUT2D eigenvalue weighted by atomic mass is 15.3. The Morgan fingerprint density at radius 3 is 2.35 bits per heavy atom. The van der Waals surface area contributed by atoms with Crippen LogP contribution in [0.15, 0.2) is 6.20 Å². The van der Waals surface area contributed by atoms with Crippen LogP contribution in [-0.4, -0.2) is 16.1 Å². The lowest BCUT2D eigenvalue weighted by Gasteiger charge is -2.10. The van der Waals surface area contributed by atoms with Crippen molar-refractivity contribution in [2.24, 2.45) is 10.8 Å². The number of nitrogens with one attached hydrogen (secondary N) is 1. The SMILES string of the molecule is CCCNc1nc(C)cn1C1C(C)(C)C1(C)C. The molecule has 0 aromatic carbocycles. The van der Waals surface area contributed by atoms with Crippen molar-refractivity contribution in [1.82, 2.24) is 9.55 Å². The molecule has 1 fully saturated rings. The molecule has 2 rings (SSSR count). The summed E-state index contributed by atoms with van der Waals surface area (Å²) < 4.78 is 2.34. The van der Waals surface area contributed by atoms with E-state index in [1.54, 1.807) is 0 Å². The largest absolute Gasteiger partial charge is 0.356 e. The molecule has 96 valence electrons. The molecule has 17 heavy (non-hydrogen) atoms. The molecule has 3 heteroatoms. The zero-order chi connectivity index (χ0) is 12.8. The second-order valence-electron chi connectivity index (χ2n) is 6.39. The van der Waals surface area contributed by atoms with Gasteiger partial charge >= 0.3 is 0 Å². The van der Waals surface area contributed by atoms with Crippen molar-refractivity contribution in [2.75, 3.05) is 11.9 Å². The molecular weight excluding hydrogens is 210 g/mol. The van der Waals surface area contributed by atoms with E-state index in [4.69, 9.17) is 0 Å². The van der Waals surface area contributed by atoms with Crippen molar-refractivity contribution in [1.29, 1.82) is 0 Å². The van der Waals surface area contributed by atoms with E-state index in [0.717, 1.165) is 24.6 Å². The van der Waals surface area contributed by atoms with Crippen LogP contribution in [0.3, 0.4) is 0 Å². The van der Waals surface area contributed by atoms with Crippen LogP contribution in [0.1, 0.15) is 52.8 Å². The van der Waals surface area contributed by atoms with E-state index >= 15 is 0 Å². The first-order chi connectivity index (χ1) is 7.82. The van der Waals surface area contributed by atoms with Gasteiger partial charge in [-0.2, -0.15) is 0 Å². The fraction of sp³-hybridized carbons (Fsp3) is 0.786. The van der Waals surface area contributed by atoms with Crippen molar-refractivity contribution in [3.05, 3.63) is 11.9 Å². The highest BCUT2D eigenvalue weighted by Gasteiger charge is 2.66. The summed E-state index contributed by atoms with van der Waals surface area (Å²) in [6, 6.07) is 0.551. The molecule has 0 radical (unpaired) electrons.